The topological polar surface area (TPSA) is 63.2 Å². The van der Waals surface area contributed by atoms with Crippen LogP contribution in [-0.2, 0) is 21.1 Å². The molecule has 2 unspecified atom stereocenters. The summed E-state index contributed by atoms with van der Waals surface area (Å²) in [4.78, 5) is 12.4. The molecule has 0 fully saturated rings. The lowest BCUT2D eigenvalue weighted by Crippen LogP contribution is -2.31. The second-order valence-electron chi connectivity index (χ2n) is 6.34. The first-order chi connectivity index (χ1) is 12.0. The summed E-state index contributed by atoms with van der Waals surface area (Å²) in [7, 11) is -3.13. The molecule has 1 N–H and O–H groups in total. The molecule has 1 aliphatic rings. The molecule has 0 saturated carbocycles. The van der Waals surface area contributed by atoms with Gasteiger partial charge in [-0.05, 0) is 17.5 Å². The molecule has 3 rings (SSSR count). The van der Waals surface area contributed by atoms with E-state index in [1.807, 2.05) is 60.7 Å². The highest BCUT2D eigenvalue weighted by molar-refractivity contribution is 7.94. The van der Waals surface area contributed by atoms with Crippen LogP contribution in [0.5, 0.6) is 0 Å². The summed E-state index contributed by atoms with van der Waals surface area (Å²) in [5.41, 5.74) is 2.18. The number of nitrogens with one attached hydrogen (secondary N) is 1. The molecule has 2 aromatic carbocycles. The summed E-state index contributed by atoms with van der Waals surface area (Å²) in [6, 6.07) is 19.7. The van der Waals surface area contributed by atoms with Crippen LogP contribution >= 0.6 is 0 Å². The number of rotatable bonds is 6. The minimum absolute atomic E-state index is 0.0229. The van der Waals surface area contributed by atoms with Crippen LogP contribution in [-0.4, -0.2) is 20.1 Å². The van der Waals surface area contributed by atoms with Gasteiger partial charge in [-0.3, -0.25) is 4.79 Å². The van der Waals surface area contributed by atoms with Crippen molar-refractivity contribution < 1.29 is 13.2 Å². The van der Waals surface area contributed by atoms with E-state index in [0.717, 1.165) is 11.1 Å². The summed E-state index contributed by atoms with van der Waals surface area (Å²) in [5, 5.41) is 4.28. The van der Waals surface area contributed by atoms with E-state index in [4.69, 9.17) is 0 Å². The fourth-order valence-electron chi connectivity index (χ4n) is 3.05. The first kappa shape index (κ1) is 17.4. The number of carbonyl (C=O) groups excluding carboxylic acids is 1. The standard InChI is InChI=1S/C20H21NO3S/c22-20(14-17-11-12-25(23,24)15-17)21-19(18-9-5-2-6-10-18)13-16-7-3-1-4-8-16/h1-12,17,19H,13-15H2,(H,21,22). The summed E-state index contributed by atoms with van der Waals surface area (Å²) in [6.45, 7) is 0. The maximum atomic E-state index is 12.4. The molecule has 0 spiro atoms. The number of hydrogen-bond donors (Lipinski definition) is 1. The van der Waals surface area contributed by atoms with Crippen molar-refractivity contribution in [1.82, 2.24) is 5.32 Å². The third kappa shape index (κ3) is 5.03. The van der Waals surface area contributed by atoms with Crippen molar-refractivity contribution in [2.45, 2.75) is 18.9 Å². The van der Waals surface area contributed by atoms with Crippen molar-refractivity contribution in [3.05, 3.63) is 83.3 Å². The lowest BCUT2D eigenvalue weighted by Gasteiger charge is -2.20. The predicted molar refractivity (Wildman–Crippen MR) is 98.5 cm³/mol. The van der Waals surface area contributed by atoms with Gasteiger partial charge < -0.3 is 5.32 Å². The second kappa shape index (κ2) is 7.66. The normalized spacial score (nSPS) is 19.4. The molecule has 2 aromatic rings. The molecule has 0 aliphatic carbocycles. The zero-order chi connectivity index (χ0) is 17.7. The average molecular weight is 355 g/mol. The van der Waals surface area contributed by atoms with Gasteiger partial charge in [-0.15, -0.1) is 0 Å². The third-order valence-electron chi connectivity index (χ3n) is 4.27. The van der Waals surface area contributed by atoms with Gasteiger partial charge in [0.25, 0.3) is 0 Å². The van der Waals surface area contributed by atoms with Gasteiger partial charge in [0, 0.05) is 17.7 Å². The Morgan fingerprint density at radius 3 is 2.28 bits per heavy atom. The van der Waals surface area contributed by atoms with Crippen molar-refractivity contribution in [3.63, 3.8) is 0 Å². The van der Waals surface area contributed by atoms with E-state index >= 15 is 0 Å². The number of amides is 1. The maximum absolute atomic E-state index is 12.4. The van der Waals surface area contributed by atoms with E-state index < -0.39 is 9.84 Å². The van der Waals surface area contributed by atoms with Crippen molar-refractivity contribution in [1.29, 1.82) is 0 Å². The highest BCUT2D eigenvalue weighted by atomic mass is 32.2. The lowest BCUT2D eigenvalue weighted by molar-refractivity contribution is -0.122. The number of carbonyl (C=O) groups is 1. The van der Waals surface area contributed by atoms with Crippen LogP contribution in [0.25, 0.3) is 0 Å². The Balaban J connectivity index is 1.69. The Labute approximate surface area is 148 Å². The Morgan fingerprint density at radius 2 is 1.68 bits per heavy atom. The van der Waals surface area contributed by atoms with Gasteiger partial charge in [-0.25, -0.2) is 8.42 Å². The molecule has 5 heteroatoms. The first-order valence-electron chi connectivity index (χ1n) is 8.31. The minimum atomic E-state index is -3.13. The SMILES string of the molecule is O=C(CC1C=CS(=O)(=O)C1)NC(Cc1ccccc1)c1ccccc1. The van der Waals surface area contributed by atoms with Gasteiger partial charge in [0.2, 0.25) is 5.91 Å². The van der Waals surface area contributed by atoms with Gasteiger partial charge >= 0.3 is 0 Å². The van der Waals surface area contributed by atoms with E-state index in [9.17, 15) is 13.2 Å². The monoisotopic (exact) mass is 355 g/mol. The fourth-order valence-corrected chi connectivity index (χ4v) is 4.44. The van der Waals surface area contributed by atoms with Crippen LogP contribution in [0.3, 0.4) is 0 Å². The molecule has 0 saturated heterocycles. The van der Waals surface area contributed by atoms with Crippen molar-refractivity contribution in [2.24, 2.45) is 5.92 Å². The van der Waals surface area contributed by atoms with Gasteiger partial charge in [-0.2, -0.15) is 0 Å². The Morgan fingerprint density at radius 1 is 1.04 bits per heavy atom. The van der Waals surface area contributed by atoms with Gasteiger partial charge in [-0.1, -0.05) is 66.7 Å². The second-order valence-corrected chi connectivity index (χ2v) is 8.27. The van der Waals surface area contributed by atoms with Gasteiger partial charge in [0.15, 0.2) is 9.84 Å². The molecule has 0 bridgehead atoms. The molecule has 2 atom stereocenters. The van der Waals surface area contributed by atoms with Crippen molar-refractivity contribution in [2.75, 3.05) is 5.75 Å². The van der Waals surface area contributed by atoms with Crippen LogP contribution in [0.4, 0.5) is 0 Å². The Bertz CT molecular complexity index is 845. The fraction of sp³-hybridized carbons (Fsp3) is 0.250. The zero-order valence-corrected chi connectivity index (χ0v) is 14.7. The highest BCUT2D eigenvalue weighted by Gasteiger charge is 2.25. The number of hydrogen-bond acceptors (Lipinski definition) is 3. The first-order valence-corrected chi connectivity index (χ1v) is 10.0. The zero-order valence-electron chi connectivity index (χ0n) is 13.8. The maximum Gasteiger partial charge on any atom is 0.221 e. The summed E-state index contributed by atoms with van der Waals surface area (Å²) < 4.78 is 23.0. The molecule has 0 aromatic heterocycles. The molecule has 4 nitrogen and oxygen atoms in total. The van der Waals surface area contributed by atoms with E-state index in [0.29, 0.717) is 6.42 Å². The van der Waals surface area contributed by atoms with Crippen LogP contribution in [0, 0.1) is 5.92 Å². The molecular weight excluding hydrogens is 334 g/mol. The van der Waals surface area contributed by atoms with E-state index in [2.05, 4.69) is 5.32 Å². The van der Waals surface area contributed by atoms with E-state index in [-0.39, 0.29) is 30.0 Å². The molecular formula is C20H21NO3S. The van der Waals surface area contributed by atoms with Gasteiger partial charge in [0.05, 0.1) is 11.8 Å². The Hall–Kier alpha value is -2.40. The van der Waals surface area contributed by atoms with Crippen molar-refractivity contribution in [3.8, 4) is 0 Å². The smallest absolute Gasteiger partial charge is 0.221 e. The van der Waals surface area contributed by atoms with Crippen LogP contribution in [0.1, 0.15) is 23.6 Å². The molecule has 1 aliphatic heterocycles. The molecule has 130 valence electrons. The van der Waals surface area contributed by atoms with Gasteiger partial charge in [0.1, 0.15) is 0 Å². The molecule has 1 heterocycles. The van der Waals surface area contributed by atoms with Crippen molar-refractivity contribution >= 4 is 15.7 Å². The largest absolute Gasteiger partial charge is 0.349 e. The third-order valence-corrected chi connectivity index (χ3v) is 5.74. The predicted octanol–water partition coefficient (Wildman–Crippen LogP) is 3.04. The highest BCUT2D eigenvalue weighted by Crippen LogP contribution is 2.21. The average Bonchev–Trinajstić information content (AvgIpc) is 2.94. The lowest BCUT2D eigenvalue weighted by atomic mass is 9.98. The summed E-state index contributed by atoms with van der Waals surface area (Å²) in [5.74, 6) is -0.343. The molecule has 1 amide bonds. The number of sulfone groups is 1. The van der Waals surface area contributed by atoms with Crippen LogP contribution in [0.15, 0.2) is 72.1 Å². The van der Waals surface area contributed by atoms with Crippen LogP contribution in [0.2, 0.25) is 0 Å². The van der Waals surface area contributed by atoms with E-state index in [1.165, 1.54) is 5.41 Å². The summed E-state index contributed by atoms with van der Waals surface area (Å²) >= 11 is 0. The van der Waals surface area contributed by atoms with E-state index in [1.54, 1.807) is 6.08 Å². The van der Waals surface area contributed by atoms with Crippen LogP contribution < -0.4 is 5.32 Å². The molecule has 25 heavy (non-hydrogen) atoms. The number of allylic oxidation sites excluding steroid dienone is 1. The minimum Gasteiger partial charge on any atom is -0.349 e. The summed E-state index contributed by atoms with van der Waals surface area (Å²) in [6.07, 6.45) is 2.49. The number of benzene rings is 2. The Kier molecular flexibility index (Phi) is 5.34. The molecule has 0 radical (unpaired) electrons. The quantitative estimate of drug-likeness (QED) is 0.866.